The van der Waals surface area contributed by atoms with Gasteiger partial charge in [0.1, 0.15) is 11.6 Å². The summed E-state index contributed by atoms with van der Waals surface area (Å²) in [6.45, 7) is 5.68. The first kappa shape index (κ1) is 18.6. The van der Waals surface area contributed by atoms with E-state index in [1.807, 2.05) is 45.0 Å². The van der Waals surface area contributed by atoms with E-state index in [1.165, 1.54) is 18.2 Å². The molecular weight excluding hydrogens is 343 g/mol. The van der Waals surface area contributed by atoms with Crippen LogP contribution in [0.15, 0.2) is 59.1 Å². The number of hydrogen-bond donors (Lipinski definition) is 1. The molecule has 0 bridgehead atoms. The highest BCUT2D eigenvalue weighted by Crippen LogP contribution is 2.28. The van der Waals surface area contributed by atoms with Gasteiger partial charge in [0.25, 0.3) is 0 Å². The second-order valence-electron chi connectivity index (χ2n) is 6.41. The third kappa shape index (κ3) is 4.31. The summed E-state index contributed by atoms with van der Waals surface area (Å²) in [6.07, 6.45) is 2.81. The number of nitrogens with one attached hydrogen (secondary N) is 1. The first-order valence-corrected chi connectivity index (χ1v) is 8.72. The summed E-state index contributed by atoms with van der Waals surface area (Å²) in [5, 5.41) is 6.89. The SMILES string of the molecule is Cc1noc(C)c1-c1cccc(C(C)NC(=O)C=Cc2ccccc2F)c1. The lowest BCUT2D eigenvalue weighted by Crippen LogP contribution is -2.24. The van der Waals surface area contributed by atoms with Crippen LogP contribution in [0.4, 0.5) is 4.39 Å². The summed E-state index contributed by atoms with van der Waals surface area (Å²) in [6, 6.07) is 14.0. The van der Waals surface area contributed by atoms with Crippen molar-refractivity contribution >= 4 is 12.0 Å². The Bertz CT molecular complexity index is 972. The number of amides is 1. The predicted molar refractivity (Wildman–Crippen MR) is 103 cm³/mol. The third-order valence-corrected chi connectivity index (χ3v) is 4.39. The number of aromatic nitrogens is 1. The van der Waals surface area contributed by atoms with E-state index in [-0.39, 0.29) is 17.8 Å². The van der Waals surface area contributed by atoms with Crippen LogP contribution in [-0.2, 0) is 4.79 Å². The molecule has 3 rings (SSSR count). The lowest BCUT2D eigenvalue weighted by Gasteiger charge is -2.14. The van der Waals surface area contributed by atoms with Gasteiger partial charge in [0.2, 0.25) is 5.91 Å². The fraction of sp³-hybridized carbons (Fsp3) is 0.182. The highest BCUT2D eigenvalue weighted by atomic mass is 19.1. The highest BCUT2D eigenvalue weighted by Gasteiger charge is 2.14. The van der Waals surface area contributed by atoms with Crippen molar-refractivity contribution in [3.8, 4) is 11.1 Å². The first-order valence-electron chi connectivity index (χ1n) is 8.72. The minimum Gasteiger partial charge on any atom is -0.361 e. The van der Waals surface area contributed by atoms with E-state index >= 15 is 0 Å². The molecule has 3 aromatic rings. The number of carbonyl (C=O) groups is 1. The van der Waals surface area contributed by atoms with E-state index in [9.17, 15) is 9.18 Å². The smallest absolute Gasteiger partial charge is 0.244 e. The molecule has 1 atom stereocenters. The number of carbonyl (C=O) groups excluding carboxylic acids is 1. The zero-order valence-corrected chi connectivity index (χ0v) is 15.5. The van der Waals surface area contributed by atoms with Gasteiger partial charge in [-0.15, -0.1) is 0 Å². The number of nitrogens with zero attached hydrogens (tertiary/aromatic N) is 1. The molecular formula is C22H21FN2O2. The van der Waals surface area contributed by atoms with Crippen LogP contribution in [0.2, 0.25) is 0 Å². The molecule has 27 heavy (non-hydrogen) atoms. The maximum atomic E-state index is 13.6. The molecule has 0 radical (unpaired) electrons. The van der Waals surface area contributed by atoms with Gasteiger partial charge < -0.3 is 9.84 Å². The Morgan fingerprint density at radius 3 is 2.67 bits per heavy atom. The molecule has 0 aliphatic rings. The molecule has 0 aliphatic heterocycles. The molecule has 0 fully saturated rings. The molecule has 2 aromatic carbocycles. The molecule has 1 heterocycles. The van der Waals surface area contributed by atoms with Gasteiger partial charge in [-0.25, -0.2) is 4.39 Å². The third-order valence-electron chi connectivity index (χ3n) is 4.39. The minimum atomic E-state index is -0.359. The van der Waals surface area contributed by atoms with Gasteiger partial charge in [-0.05, 0) is 50.1 Å². The summed E-state index contributed by atoms with van der Waals surface area (Å²) in [7, 11) is 0. The van der Waals surface area contributed by atoms with Crippen LogP contribution in [0.5, 0.6) is 0 Å². The van der Waals surface area contributed by atoms with Gasteiger partial charge in [-0.2, -0.15) is 0 Å². The van der Waals surface area contributed by atoms with E-state index in [2.05, 4.69) is 10.5 Å². The van der Waals surface area contributed by atoms with Gasteiger partial charge in [0, 0.05) is 17.2 Å². The molecule has 1 unspecified atom stereocenters. The van der Waals surface area contributed by atoms with Gasteiger partial charge in [0.15, 0.2) is 0 Å². The van der Waals surface area contributed by atoms with Crippen LogP contribution >= 0.6 is 0 Å². The summed E-state index contributed by atoms with van der Waals surface area (Å²) < 4.78 is 18.9. The molecule has 1 amide bonds. The molecule has 4 nitrogen and oxygen atoms in total. The maximum absolute atomic E-state index is 13.6. The topological polar surface area (TPSA) is 55.1 Å². The average molecular weight is 364 g/mol. The van der Waals surface area contributed by atoms with E-state index in [0.717, 1.165) is 28.1 Å². The Hall–Kier alpha value is -3.21. The first-order chi connectivity index (χ1) is 13.0. The molecule has 1 N–H and O–H groups in total. The monoisotopic (exact) mass is 364 g/mol. The van der Waals surface area contributed by atoms with Crippen molar-refractivity contribution in [3.05, 3.63) is 83.0 Å². The van der Waals surface area contributed by atoms with E-state index in [0.29, 0.717) is 5.56 Å². The Morgan fingerprint density at radius 1 is 1.19 bits per heavy atom. The molecule has 0 saturated carbocycles. The van der Waals surface area contributed by atoms with Crippen molar-refractivity contribution < 1.29 is 13.7 Å². The van der Waals surface area contributed by atoms with Crippen LogP contribution in [0, 0.1) is 19.7 Å². The van der Waals surface area contributed by atoms with Crippen LogP contribution in [0.25, 0.3) is 17.2 Å². The van der Waals surface area contributed by atoms with E-state index in [1.54, 1.807) is 18.2 Å². The second kappa shape index (κ2) is 7.99. The Kier molecular flexibility index (Phi) is 5.50. The summed E-state index contributed by atoms with van der Waals surface area (Å²) in [5.41, 5.74) is 4.12. The molecule has 1 aromatic heterocycles. The zero-order chi connectivity index (χ0) is 19.4. The zero-order valence-electron chi connectivity index (χ0n) is 15.5. The molecule has 5 heteroatoms. The summed E-state index contributed by atoms with van der Waals surface area (Å²) in [5.74, 6) is 0.115. The van der Waals surface area contributed by atoms with Crippen LogP contribution in [0.3, 0.4) is 0 Å². The van der Waals surface area contributed by atoms with Gasteiger partial charge in [0.05, 0.1) is 11.7 Å². The highest BCUT2D eigenvalue weighted by molar-refractivity contribution is 5.92. The number of halogens is 1. The average Bonchev–Trinajstić information content (AvgIpc) is 2.99. The minimum absolute atomic E-state index is 0.205. The van der Waals surface area contributed by atoms with E-state index in [4.69, 9.17) is 4.52 Å². The van der Waals surface area contributed by atoms with Gasteiger partial charge >= 0.3 is 0 Å². The van der Waals surface area contributed by atoms with Gasteiger partial charge in [-0.3, -0.25) is 4.79 Å². The Morgan fingerprint density at radius 2 is 1.96 bits per heavy atom. The van der Waals surface area contributed by atoms with Crippen molar-refractivity contribution in [3.63, 3.8) is 0 Å². The van der Waals surface area contributed by atoms with Crippen LogP contribution in [0.1, 0.15) is 35.5 Å². The number of rotatable bonds is 5. The molecule has 138 valence electrons. The fourth-order valence-electron chi connectivity index (χ4n) is 2.98. The molecule has 0 saturated heterocycles. The van der Waals surface area contributed by atoms with Crippen LogP contribution < -0.4 is 5.32 Å². The summed E-state index contributed by atoms with van der Waals surface area (Å²) >= 11 is 0. The van der Waals surface area contributed by atoms with Gasteiger partial charge in [-0.1, -0.05) is 41.6 Å². The van der Waals surface area contributed by atoms with Crippen molar-refractivity contribution in [2.75, 3.05) is 0 Å². The largest absolute Gasteiger partial charge is 0.361 e. The number of hydrogen-bond acceptors (Lipinski definition) is 3. The fourth-order valence-corrected chi connectivity index (χ4v) is 2.98. The van der Waals surface area contributed by atoms with E-state index < -0.39 is 0 Å². The van der Waals surface area contributed by atoms with Crippen molar-refractivity contribution in [1.29, 1.82) is 0 Å². The predicted octanol–water partition coefficient (Wildman–Crippen LogP) is 4.99. The second-order valence-corrected chi connectivity index (χ2v) is 6.41. The Labute approximate surface area is 157 Å². The normalized spacial score (nSPS) is 12.3. The lowest BCUT2D eigenvalue weighted by atomic mass is 9.99. The Balaban J connectivity index is 1.73. The molecule has 0 spiro atoms. The lowest BCUT2D eigenvalue weighted by molar-refractivity contribution is -0.117. The summed E-state index contributed by atoms with van der Waals surface area (Å²) in [4.78, 5) is 12.2. The quantitative estimate of drug-likeness (QED) is 0.649. The number of benzene rings is 2. The standard InChI is InChI=1S/C22H21FN2O2/c1-14(24-21(26)12-11-17-7-4-5-10-20(17)23)18-8-6-9-19(13-18)22-15(2)25-27-16(22)3/h4-14H,1-3H3,(H,24,26). The van der Waals surface area contributed by atoms with Crippen molar-refractivity contribution in [2.24, 2.45) is 0 Å². The van der Waals surface area contributed by atoms with Crippen LogP contribution in [-0.4, -0.2) is 11.1 Å². The molecule has 0 aliphatic carbocycles. The van der Waals surface area contributed by atoms with Crippen molar-refractivity contribution in [1.82, 2.24) is 10.5 Å². The van der Waals surface area contributed by atoms with Crippen molar-refractivity contribution in [2.45, 2.75) is 26.8 Å². The number of aryl methyl sites for hydroxylation is 2. The maximum Gasteiger partial charge on any atom is 0.244 e.